The predicted molar refractivity (Wildman–Crippen MR) is 184 cm³/mol. The Bertz CT molecular complexity index is 1530. The van der Waals surface area contributed by atoms with Crippen LogP contribution in [-0.4, -0.2) is 51.6 Å². The fourth-order valence-electron chi connectivity index (χ4n) is 5.04. The van der Waals surface area contributed by atoms with E-state index in [-0.39, 0.29) is 50.2 Å². The van der Waals surface area contributed by atoms with Gasteiger partial charge in [0.2, 0.25) is 0 Å². The lowest BCUT2D eigenvalue weighted by molar-refractivity contribution is -0.143. The van der Waals surface area contributed by atoms with Crippen molar-refractivity contribution in [2.45, 2.75) is 66.6 Å². The molecule has 2 heterocycles. The Labute approximate surface area is 279 Å². The summed E-state index contributed by atoms with van der Waals surface area (Å²) in [5.74, 6) is 1.94. The average molecular weight is 667 g/mol. The molecular formula is C36H42O8S2. The third-order valence-corrected chi connectivity index (χ3v) is 9.32. The lowest BCUT2D eigenvalue weighted by atomic mass is 10.0. The van der Waals surface area contributed by atoms with Gasteiger partial charge in [-0.3, -0.25) is 9.59 Å². The minimum Gasteiger partial charge on any atom is -0.496 e. The fraction of sp³-hybridized carbons (Fsp3) is 0.389. The van der Waals surface area contributed by atoms with Crippen molar-refractivity contribution in [1.29, 1.82) is 0 Å². The van der Waals surface area contributed by atoms with Gasteiger partial charge in [0.25, 0.3) is 0 Å². The number of carbonyl (C=O) groups is 2. The van der Waals surface area contributed by atoms with Crippen LogP contribution in [0.5, 0.6) is 23.0 Å². The highest BCUT2D eigenvalue weighted by molar-refractivity contribution is 7.25. The Morgan fingerprint density at radius 2 is 1.00 bits per heavy atom. The summed E-state index contributed by atoms with van der Waals surface area (Å²) in [6.45, 7) is 12.0. The van der Waals surface area contributed by atoms with Crippen LogP contribution in [0.15, 0.2) is 48.5 Å². The quantitative estimate of drug-likeness (QED) is 0.117. The molecule has 0 amide bonds. The molecule has 0 bridgehead atoms. The molecule has 8 nitrogen and oxygen atoms in total. The molecule has 0 aliphatic rings. The summed E-state index contributed by atoms with van der Waals surface area (Å²) in [6.07, 6.45) is -0.00327. The number of methoxy groups -OCH3 is 2. The molecule has 0 fully saturated rings. The fourth-order valence-corrected chi connectivity index (χ4v) is 7.58. The van der Waals surface area contributed by atoms with Crippen molar-refractivity contribution in [3.63, 3.8) is 0 Å². The van der Waals surface area contributed by atoms with Crippen LogP contribution >= 0.6 is 22.7 Å². The summed E-state index contributed by atoms with van der Waals surface area (Å²) in [5, 5.41) is 0. The van der Waals surface area contributed by atoms with Crippen molar-refractivity contribution in [2.24, 2.45) is 0 Å². The van der Waals surface area contributed by atoms with E-state index in [0.717, 1.165) is 41.8 Å². The molecule has 0 saturated carbocycles. The van der Waals surface area contributed by atoms with E-state index in [1.54, 1.807) is 28.1 Å². The number of carbonyl (C=O) groups excluding carboxylic acids is 2. The Kier molecular flexibility index (Phi) is 12.1. The van der Waals surface area contributed by atoms with Crippen LogP contribution in [-0.2, 0) is 31.9 Å². The summed E-state index contributed by atoms with van der Waals surface area (Å²) in [5.41, 5.74) is 3.13. The Balaban J connectivity index is 1.96. The normalized spacial score (nSPS) is 11.1. The van der Waals surface area contributed by atoms with Crippen molar-refractivity contribution in [2.75, 3.05) is 27.4 Å². The second kappa shape index (κ2) is 16.0. The zero-order valence-electron chi connectivity index (χ0n) is 27.7. The van der Waals surface area contributed by atoms with Gasteiger partial charge in [0.1, 0.15) is 23.0 Å². The highest BCUT2D eigenvalue weighted by atomic mass is 32.1. The second-order valence-corrected chi connectivity index (χ2v) is 13.0. The van der Waals surface area contributed by atoms with Gasteiger partial charge in [-0.15, -0.1) is 22.7 Å². The van der Waals surface area contributed by atoms with Gasteiger partial charge in [-0.05, 0) is 89.1 Å². The van der Waals surface area contributed by atoms with Crippen LogP contribution in [0.4, 0.5) is 0 Å². The summed E-state index contributed by atoms with van der Waals surface area (Å²) in [6, 6.07) is 15.4. The third-order valence-electron chi connectivity index (χ3n) is 6.74. The van der Waals surface area contributed by atoms with Crippen LogP contribution < -0.4 is 18.9 Å². The lowest BCUT2D eigenvalue weighted by Crippen LogP contribution is -2.09. The van der Waals surface area contributed by atoms with Crippen LogP contribution in [0.3, 0.4) is 0 Å². The first kappa shape index (κ1) is 34.8. The molecule has 0 aliphatic heterocycles. The number of hydrogen-bond acceptors (Lipinski definition) is 10. The lowest BCUT2D eigenvalue weighted by Gasteiger charge is -2.17. The molecule has 0 spiro atoms. The van der Waals surface area contributed by atoms with Gasteiger partial charge in [-0.1, -0.05) is 12.1 Å². The van der Waals surface area contributed by atoms with Crippen molar-refractivity contribution in [3.8, 4) is 53.6 Å². The molecule has 4 rings (SSSR count). The molecule has 0 saturated heterocycles. The minimum absolute atomic E-state index is 0.0750. The molecule has 0 unspecified atom stereocenters. The highest BCUT2D eigenvalue weighted by Gasteiger charge is 2.26. The Hall–Kier alpha value is -4.02. The summed E-state index contributed by atoms with van der Waals surface area (Å²) in [4.78, 5) is 29.2. The molecule has 246 valence electrons. The van der Waals surface area contributed by atoms with Gasteiger partial charge in [0.15, 0.2) is 0 Å². The number of benzene rings is 2. The zero-order valence-corrected chi connectivity index (χ0v) is 29.3. The number of rotatable bonds is 15. The van der Waals surface area contributed by atoms with Crippen molar-refractivity contribution >= 4 is 34.6 Å². The SMILES string of the molecule is CCOC(=O)Cc1cc(-c2cc(CC(=O)OCC)c(-c3c(OC)cccc3OC(C)C)s2)sc1-c1c(OC)cccc1OC(C)C. The average Bonchev–Trinajstić information content (AvgIpc) is 3.60. The first-order valence-electron chi connectivity index (χ1n) is 15.3. The maximum absolute atomic E-state index is 12.8. The van der Waals surface area contributed by atoms with Gasteiger partial charge >= 0.3 is 11.9 Å². The van der Waals surface area contributed by atoms with Gasteiger partial charge in [0.05, 0.1) is 63.6 Å². The van der Waals surface area contributed by atoms with Gasteiger partial charge < -0.3 is 28.4 Å². The van der Waals surface area contributed by atoms with E-state index in [0.29, 0.717) is 23.0 Å². The first-order chi connectivity index (χ1) is 22.1. The summed E-state index contributed by atoms with van der Waals surface area (Å²) >= 11 is 3.06. The molecule has 0 N–H and O–H groups in total. The highest BCUT2D eigenvalue weighted by Crippen LogP contribution is 2.51. The largest absolute Gasteiger partial charge is 0.496 e. The zero-order chi connectivity index (χ0) is 33.4. The monoisotopic (exact) mass is 666 g/mol. The molecule has 0 atom stereocenters. The van der Waals surface area contributed by atoms with Gasteiger partial charge in [-0.2, -0.15) is 0 Å². The van der Waals surface area contributed by atoms with Crippen molar-refractivity contribution in [1.82, 2.24) is 0 Å². The van der Waals surface area contributed by atoms with E-state index < -0.39 is 0 Å². The standard InChI is InChI=1S/C36H42O8S2/c1-9-41-31(37)19-23-17-29(45-35(23)33-25(39-7)13-11-15-27(33)43-21(3)4)30-18-24(20-32(38)42-10-2)36(46-30)34-26(40-8)14-12-16-28(34)44-22(5)6/h11-18,21-22H,9-10,19-20H2,1-8H3. The number of hydrogen-bond donors (Lipinski definition) is 0. The number of esters is 2. The molecule has 4 aromatic rings. The van der Waals surface area contributed by atoms with Gasteiger partial charge in [-0.25, -0.2) is 0 Å². The van der Waals surface area contributed by atoms with E-state index in [9.17, 15) is 9.59 Å². The molecule has 2 aromatic carbocycles. The van der Waals surface area contributed by atoms with E-state index in [1.807, 2.05) is 76.2 Å². The molecule has 0 aliphatic carbocycles. The second-order valence-electron chi connectivity index (χ2n) is 10.9. The van der Waals surface area contributed by atoms with Crippen LogP contribution in [0.1, 0.15) is 52.7 Å². The topological polar surface area (TPSA) is 89.5 Å². The maximum atomic E-state index is 12.8. The molecule has 2 aromatic heterocycles. The predicted octanol–water partition coefficient (Wildman–Crippen LogP) is 8.61. The molecule has 46 heavy (non-hydrogen) atoms. The van der Waals surface area contributed by atoms with E-state index in [4.69, 9.17) is 28.4 Å². The van der Waals surface area contributed by atoms with Crippen molar-refractivity contribution in [3.05, 3.63) is 59.7 Å². The summed E-state index contributed by atoms with van der Waals surface area (Å²) in [7, 11) is 3.24. The smallest absolute Gasteiger partial charge is 0.310 e. The van der Waals surface area contributed by atoms with Gasteiger partial charge in [0, 0.05) is 19.5 Å². The van der Waals surface area contributed by atoms with Crippen molar-refractivity contribution < 1.29 is 38.0 Å². The molecule has 0 radical (unpaired) electrons. The maximum Gasteiger partial charge on any atom is 0.310 e. The van der Waals surface area contributed by atoms with E-state index >= 15 is 0 Å². The molecule has 10 heteroatoms. The van der Waals surface area contributed by atoms with Crippen LogP contribution in [0, 0.1) is 0 Å². The number of ether oxygens (including phenoxy) is 6. The van der Waals surface area contributed by atoms with Crippen LogP contribution in [0.25, 0.3) is 30.6 Å². The van der Waals surface area contributed by atoms with E-state index in [2.05, 4.69) is 0 Å². The van der Waals surface area contributed by atoms with E-state index in [1.165, 1.54) is 22.7 Å². The van der Waals surface area contributed by atoms with Crippen LogP contribution in [0.2, 0.25) is 0 Å². The minimum atomic E-state index is -0.325. The first-order valence-corrected chi connectivity index (χ1v) is 17.0. The Morgan fingerprint density at radius 1 is 0.630 bits per heavy atom. The Morgan fingerprint density at radius 3 is 1.33 bits per heavy atom. The number of thiophene rings is 2. The molecular weight excluding hydrogens is 625 g/mol. The third kappa shape index (κ3) is 8.22. The summed E-state index contributed by atoms with van der Waals surface area (Å²) < 4.78 is 34.7.